The number of nitrogens with one attached hydrogen (secondary N) is 1. The van der Waals surface area contributed by atoms with Gasteiger partial charge < -0.3 is 10.1 Å². The average Bonchev–Trinajstić information content (AvgIpc) is 2.39. The second kappa shape index (κ2) is 6.01. The minimum Gasteiger partial charge on any atom is -0.455 e. The lowest BCUT2D eigenvalue weighted by molar-refractivity contribution is 0.412. The number of ether oxygens (including phenoxy) is 1. The maximum absolute atomic E-state index is 5.96. The fraction of sp³-hybridized carbons (Fsp3) is 0.375. The summed E-state index contributed by atoms with van der Waals surface area (Å²) in [7, 11) is 0. The fourth-order valence-electron chi connectivity index (χ4n) is 1.70. The highest BCUT2D eigenvalue weighted by molar-refractivity contribution is 5.37. The topological polar surface area (TPSA) is 47.0 Å². The van der Waals surface area contributed by atoms with Gasteiger partial charge in [0, 0.05) is 36.2 Å². The van der Waals surface area contributed by atoms with Crippen molar-refractivity contribution in [1.29, 1.82) is 0 Å². The van der Waals surface area contributed by atoms with Crippen molar-refractivity contribution in [3.63, 3.8) is 0 Å². The van der Waals surface area contributed by atoms with Gasteiger partial charge >= 0.3 is 0 Å². The van der Waals surface area contributed by atoms with E-state index in [2.05, 4.69) is 36.1 Å². The van der Waals surface area contributed by atoms with Gasteiger partial charge in [-0.15, -0.1) is 0 Å². The summed E-state index contributed by atoms with van der Waals surface area (Å²) in [6, 6.07) is 5.67. The fourth-order valence-corrected chi connectivity index (χ4v) is 1.70. The van der Waals surface area contributed by atoms with Gasteiger partial charge in [0.05, 0.1) is 5.69 Å². The van der Waals surface area contributed by atoms with Gasteiger partial charge in [0.25, 0.3) is 0 Å². The smallest absolute Gasteiger partial charge is 0.148 e. The summed E-state index contributed by atoms with van der Waals surface area (Å²) >= 11 is 0. The molecule has 4 heteroatoms. The highest BCUT2D eigenvalue weighted by Gasteiger charge is 2.12. The third-order valence-electron chi connectivity index (χ3n) is 2.85. The summed E-state index contributed by atoms with van der Waals surface area (Å²) in [5.41, 5.74) is 1.96. The van der Waals surface area contributed by atoms with Crippen molar-refractivity contribution in [2.45, 2.75) is 39.8 Å². The van der Waals surface area contributed by atoms with Crippen LogP contribution in [0.5, 0.6) is 11.5 Å². The lowest BCUT2D eigenvalue weighted by Crippen LogP contribution is -2.35. The van der Waals surface area contributed by atoms with Gasteiger partial charge in [-0.1, -0.05) is 0 Å². The van der Waals surface area contributed by atoms with Crippen LogP contribution in [0.1, 0.15) is 32.0 Å². The molecule has 0 aliphatic carbocycles. The van der Waals surface area contributed by atoms with Crippen LogP contribution in [0.3, 0.4) is 0 Å². The van der Waals surface area contributed by atoms with Gasteiger partial charge in [-0.2, -0.15) is 0 Å². The molecule has 0 unspecified atom stereocenters. The largest absolute Gasteiger partial charge is 0.455 e. The molecular formula is C16H21N3O. The molecule has 0 aliphatic rings. The molecule has 0 amide bonds. The SMILES string of the molecule is Cc1ncccc1Oc1ccncc1CNC(C)(C)C. The molecule has 0 bridgehead atoms. The number of aryl methyl sites for hydroxylation is 1. The predicted molar refractivity (Wildman–Crippen MR) is 79.9 cm³/mol. The van der Waals surface area contributed by atoms with Crippen LogP contribution in [-0.2, 0) is 6.54 Å². The number of rotatable bonds is 4. The minimum atomic E-state index is 0.0529. The summed E-state index contributed by atoms with van der Waals surface area (Å²) < 4.78 is 5.96. The number of aromatic nitrogens is 2. The molecule has 2 aromatic rings. The molecule has 0 radical (unpaired) electrons. The summed E-state index contributed by atoms with van der Waals surface area (Å²) in [5, 5.41) is 3.44. The third-order valence-corrected chi connectivity index (χ3v) is 2.85. The molecule has 1 N–H and O–H groups in total. The molecule has 0 saturated heterocycles. The van der Waals surface area contributed by atoms with Gasteiger partial charge in [-0.05, 0) is 45.9 Å². The minimum absolute atomic E-state index is 0.0529. The van der Waals surface area contributed by atoms with Crippen molar-refractivity contribution in [1.82, 2.24) is 15.3 Å². The first kappa shape index (κ1) is 14.5. The molecule has 0 aliphatic heterocycles. The number of hydrogen-bond donors (Lipinski definition) is 1. The molecule has 20 heavy (non-hydrogen) atoms. The zero-order valence-corrected chi connectivity index (χ0v) is 12.5. The lowest BCUT2D eigenvalue weighted by atomic mass is 10.1. The highest BCUT2D eigenvalue weighted by Crippen LogP contribution is 2.26. The van der Waals surface area contributed by atoms with E-state index in [1.807, 2.05) is 31.3 Å². The van der Waals surface area contributed by atoms with Crippen molar-refractivity contribution in [3.05, 3.63) is 48.0 Å². The molecule has 0 fully saturated rings. The Morgan fingerprint density at radius 3 is 2.65 bits per heavy atom. The lowest BCUT2D eigenvalue weighted by Gasteiger charge is -2.21. The Morgan fingerprint density at radius 1 is 1.15 bits per heavy atom. The highest BCUT2D eigenvalue weighted by atomic mass is 16.5. The Labute approximate surface area is 120 Å². The second-order valence-electron chi connectivity index (χ2n) is 5.78. The van der Waals surface area contributed by atoms with Crippen molar-refractivity contribution >= 4 is 0 Å². The van der Waals surface area contributed by atoms with Gasteiger partial charge in [0.15, 0.2) is 0 Å². The van der Waals surface area contributed by atoms with Crippen LogP contribution in [0.15, 0.2) is 36.8 Å². The first-order chi connectivity index (χ1) is 9.46. The van der Waals surface area contributed by atoms with Crippen LogP contribution >= 0.6 is 0 Å². The Kier molecular flexibility index (Phi) is 4.35. The standard InChI is InChI=1S/C16H21N3O/c1-12-14(6-5-8-18-12)20-15-7-9-17-10-13(15)11-19-16(2,3)4/h5-10,19H,11H2,1-4H3. The van der Waals surface area contributed by atoms with E-state index in [1.54, 1.807) is 12.4 Å². The number of nitrogens with zero attached hydrogens (tertiary/aromatic N) is 2. The summed E-state index contributed by atoms with van der Waals surface area (Å²) in [4.78, 5) is 8.41. The quantitative estimate of drug-likeness (QED) is 0.925. The van der Waals surface area contributed by atoms with E-state index in [0.29, 0.717) is 6.54 Å². The molecule has 2 rings (SSSR count). The monoisotopic (exact) mass is 271 g/mol. The molecule has 0 atom stereocenters. The van der Waals surface area contributed by atoms with E-state index >= 15 is 0 Å². The van der Waals surface area contributed by atoms with Crippen molar-refractivity contribution < 1.29 is 4.74 Å². The van der Waals surface area contributed by atoms with E-state index in [4.69, 9.17) is 4.74 Å². The number of pyridine rings is 2. The van der Waals surface area contributed by atoms with E-state index in [0.717, 1.165) is 22.8 Å². The van der Waals surface area contributed by atoms with Gasteiger partial charge in [0.1, 0.15) is 11.5 Å². The zero-order valence-electron chi connectivity index (χ0n) is 12.5. The van der Waals surface area contributed by atoms with Crippen LogP contribution in [0.4, 0.5) is 0 Å². The van der Waals surface area contributed by atoms with E-state index in [9.17, 15) is 0 Å². The molecule has 106 valence electrons. The first-order valence-electron chi connectivity index (χ1n) is 6.73. The second-order valence-corrected chi connectivity index (χ2v) is 5.78. The van der Waals surface area contributed by atoms with E-state index < -0.39 is 0 Å². The molecule has 2 heterocycles. The zero-order chi connectivity index (χ0) is 14.6. The maximum atomic E-state index is 5.96. The molecule has 2 aromatic heterocycles. The Bertz CT molecular complexity index is 576. The van der Waals surface area contributed by atoms with Crippen LogP contribution < -0.4 is 10.1 Å². The normalized spacial score (nSPS) is 11.4. The summed E-state index contributed by atoms with van der Waals surface area (Å²) in [5.74, 6) is 1.59. The van der Waals surface area contributed by atoms with Crippen LogP contribution in [0.2, 0.25) is 0 Å². The molecule has 0 saturated carbocycles. The van der Waals surface area contributed by atoms with Crippen molar-refractivity contribution in [2.75, 3.05) is 0 Å². The third kappa shape index (κ3) is 4.03. The Hall–Kier alpha value is -1.94. The maximum Gasteiger partial charge on any atom is 0.148 e. The Morgan fingerprint density at radius 2 is 1.95 bits per heavy atom. The van der Waals surface area contributed by atoms with Crippen molar-refractivity contribution in [2.24, 2.45) is 0 Å². The van der Waals surface area contributed by atoms with E-state index in [1.165, 1.54) is 0 Å². The predicted octanol–water partition coefficient (Wildman–Crippen LogP) is 3.47. The van der Waals surface area contributed by atoms with Crippen LogP contribution in [0.25, 0.3) is 0 Å². The van der Waals surface area contributed by atoms with Crippen LogP contribution in [0, 0.1) is 6.92 Å². The molecule has 4 nitrogen and oxygen atoms in total. The van der Waals surface area contributed by atoms with Gasteiger partial charge in [-0.25, -0.2) is 0 Å². The molecular weight excluding hydrogens is 250 g/mol. The first-order valence-corrected chi connectivity index (χ1v) is 6.73. The molecule has 0 spiro atoms. The van der Waals surface area contributed by atoms with Crippen molar-refractivity contribution in [3.8, 4) is 11.5 Å². The average molecular weight is 271 g/mol. The summed E-state index contributed by atoms with van der Waals surface area (Å²) in [6.07, 6.45) is 5.33. The Balaban J connectivity index is 2.18. The van der Waals surface area contributed by atoms with Gasteiger partial charge in [-0.3, -0.25) is 9.97 Å². The van der Waals surface area contributed by atoms with Gasteiger partial charge in [0.2, 0.25) is 0 Å². The number of hydrogen-bond acceptors (Lipinski definition) is 4. The van der Waals surface area contributed by atoms with Crippen LogP contribution in [-0.4, -0.2) is 15.5 Å². The summed E-state index contributed by atoms with van der Waals surface area (Å²) in [6.45, 7) is 9.05. The molecule has 0 aromatic carbocycles. The van der Waals surface area contributed by atoms with E-state index in [-0.39, 0.29) is 5.54 Å².